The molecule has 1 aliphatic rings. The maximum absolute atomic E-state index is 13.4. The number of ether oxygens (including phenoxy) is 2. The highest BCUT2D eigenvalue weighted by Gasteiger charge is 2.36. The van der Waals surface area contributed by atoms with Gasteiger partial charge in [-0.1, -0.05) is 42.5 Å². The van der Waals surface area contributed by atoms with E-state index in [2.05, 4.69) is 29.6 Å². The van der Waals surface area contributed by atoms with Crippen molar-refractivity contribution in [3.8, 4) is 11.5 Å². The quantitative estimate of drug-likeness (QED) is 0.421. The summed E-state index contributed by atoms with van der Waals surface area (Å²) in [5.74, 6) is 0.675. The van der Waals surface area contributed by atoms with Crippen LogP contribution < -0.4 is 19.9 Å². The lowest BCUT2D eigenvalue weighted by atomic mass is 9.91. The molecule has 7 nitrogen and oxygen atoms in total. The Kier molecular flexibility index (Phi) is 6.22. The van der Waals surface area contributed by atoms with Crippen LogP contribution in [0.15, 0.2) is 66.4 Å². The Morgan fingerprint density at radius 3 is 2.45 bits per heavy atom. The molecule has 1 N–H and O–H groups in total. The van der Waals surface area contributed by atoms with Gasteiger partial charge in [-0.2, -0.15) is 5.06 Å². The van der Waals surface area contributed by atoms with E-state index in [1.54, 1.807) is 25.3 Å². The molecular weight excluding hydrogens is 420 g/mol. The normalized spacial score (nSPS) is 17.5. The lowest BCUT2D eigenvalue weighted by Crippen LogP contribution is -2.42. The van der Waals surface area contributed by atoms with Crippen molar-refractivity contribution >= 4 is 28.7 Å². The topological polar surface area (TPSA) is 77.1 Å². The lowest BCUT2D eigenvalue weighted by molar-refractivity contribution is -0.130. The SMILES string of the molecule is COc1cc2c(cc1OC)N(OC=O)C(C)C(=CNC(C)c1cccc3ccccc13)C2=O. The molecular formula is C26H26N2O5. The van der Waals surface area contributed by atoms with Crippen molar-refractivity contribution in [3.63, 3.8) is 0 Å². The standard InChI is InChI=1S/C26H26N2O5/c1-16(19-11-7-9-18-8-5-6-10-20(18)19)27-14-22-17(2)28(33-15-29)23-13-25(32-4)24(31-3)12-21(23)26(22)30/h5-17,27H,1-4H3. The number of nitrogens with one attached hydrogen (secondary N) is 1. The third-order valence-corrected chi connectivity index (χ3v) is 5.98. The van der Waals surface area contributed by atoms with E-state index >= 15 is 0 Å². The number of carbonyl (C=O) groups is 2. The number of ketones is 1. The molecule has 1 aliphatic heterocycles. The first-order valence-corrected chi connectivity index (χ1v) is 10.6. The van der Waals surface area contributed by atoms with Gasteiger partial charge < -0.3 is 19.6 Å². The van der Waals surface area contributed by atoms with E-state index in [0.29, 0.717) is 34.8 Å². The van der Waals surface area contributed by atoms with Gasteiger partial charge in [0, 0.05) is 23.9 Å². The smallest absolute Gasteiger partial charge is 0.320 e. The molecule has 0 amide bonds. The first kappa shape index (κ1) is 22.2. The van der Waals surface area contributed by atoms with Gasteiger partial charge in [0.05, 0.1) is 31.5 Å². The first-order chi connectivity index (χ1) is 16.0. The fourth-order valence-electron chi connectivity index (χ4n) is 4.23. The Morgan fingerprint density at radius 1 is 1.03 bits per heavy atom. The summed E-state index contributed by atoms with van der Waals surface area (Å²) < 4.78 is 10.7. The van der Waals surface area contributed by atoms with Gasteiger partial charge in [0.1, 0.15) is 0 Å². The predicted molar refractivity (Wildman–Crippen MR) is 127 cm³/mol. The molecule has 2 atom stereocenters. The van der Waals surface area contributed by atoms with Crippen molar-refractivity contribution in [1.29, 1.82) is 0 Å². The van der Waals surface area contributed by atoms with Gasteiger partial charge in [0.15, 0.2) is 17.3 Å². The van der Waals surface area contributed by atoms with Gasteiger partial charge in [-0.15, -0.1) is 0 Å². The molecule has 0 aliphatic carbocycles. The van der Waals surface area contributed by atoms with E-state index in [1.807, 2.05) is 25.1 Å². The van der Waals surface area contributed by atoms with E-state index in [9.17, 15) is 9.59 Å². The minimum absolute atomic E-state index is 0.0594. The van der Waals surface area contributed by atoms with Crippen LogP contribution >= 0.6 is 0 Å². The first-order valence-electron chi connectivity index (χ1n) is 10.6. The predicted octanol–water partition coefficient (Wildman–Crippen LogP) is 4.57. The van der Waals surface area contributed by atoms with Crippen LogP contribution in [0, 0.1) is 0 Å². The minimum Gasteiger partial charge on any atom is -0.493 e. The summed E-state index contributed by atoms with van der Waals surface area (Å²) in [6.45, 7) is 4.19. The summed E-state index contributed by atoms with van der Waals surface area (Å²) in [5, 5.41) is 7.06. The zero-order valence-corrected chi connectivity index (χ0v) is 19.0. The van der Waals surface area contributed by atoms with E-state index in [0.717, 1.165) is 16.3 Å². The molecule has 0 spiro atoms. The summed E-state index contributed by atoms with van der Waals surface area (Å²) in [5.41, 5.74) is 2.38. The van der Waals surface area contributed by atoms with Crippen molar-refractivity contribution < 1.29 is 23.9 Å². The molecule has 0 bridgehead atoms. The fourth-order valence-corrected chi connectivity index (χ4v) is 4.23. The highest BCUT2D eigenvalue weighted by atomic mass is 16.7. The van der Waals surface area contributed by atoms with Crippen LogP contribution in [-0.4, -0.2) is 32.5 Å². The van der Waals surface area contributed by atoms with Gasteiger partial charge in [0.25, 0.3) is 0 Å². The number of hydroxylamine groups is 1. The van der Waals surface area contributed by atoms with Crippen molar-refractivity contribution in [2.75, 3.05) is 19.3 Å². The van der Waals surface area contributed by atoms with E-state index < -0.39 is 6.04 Å². The molecule has 3 aromatic rings. The van der Waals surface area contributed by atoms with Gasteiger partial charge >= 0.3 is 6.47 Å². The number of hydrogen-bond acceptors (Lipinski definition) is 7. The Labute approximate surface area is 192 Å². The molecule has 2 unspecified atom stereocenters. The highest BCUT2D eigenvalue weighted by Crippen LogP contribution is 2.41. The second kappa shape index (κ2) is 9.24. The maximum atomic E-state index is 13.4. The van der Waals surface area contributed by atoms with Crippen molar-refractivity contribution in [3.05, 3.63) is 77.5 Å². The molecule has 0 fully saturated rings. The molecule has 170 valence electrons. The summed E-state index contributed by atoms with van der Waals surface area (Å²) in [4.78, 5) is 29.9. The Morgan fingerprint density at radius 2 is 1.73 bits per heavy atom. The Hall–Kier alpha value is -4.00. The van der Waals surface area contributed by atoms with Gasteiger partial charge in [-0.05, 0) is 36.2 Å². The number of nitrogens with zero attached hydrogens (tertiary/aromatic N) is 1. The van der Waals surface area contributed by atoms with Crippen LogP contribution in [0.25, 0.3) is 10.8 Å². The zero-order chi connectivity index (χ0) is 23.5. The zero-order valence-electron chi connectivity index (χ0n) is 19.0. The van der Waals surface area contributed by atoms with Gasteiger partial charge in [-0.25, -0.2) is 0 Å². The summed E-state index contributed by atoms with van der Waals surface area (Å²) in [7, 11) is 3.01. The number of rotatable bonds is 7. The maximum Gasteiger partial charge on any atom is 0.320 e. The number of fused-ring (bicyclic) bond motifs is 2. The highest BCUT2D eigenvalue weighted by molar-refractivity contribution is 6.15. The fraction of sp³-hybridized carbons (Fsp3) is 0.231. The molecule has 4 rings (SSSR count). The molecule has 0 saturated carbocycles. The monoisotopic (exact) mass is 446 g/mol. The van der Waals surface area contributed by atoms with Crippen molar-refractivity contribution in [2.45, 2.75) is 25.9 Å². The number of carbonyl (C=O) groups excluding carboxylic acids is 2. The lowest BCUT2D eigenvalue weighted by Gasteiger charge is -2.35. The van der Waals surface area contributed by atoms with E-state index in [-0.39, 0.29) is 11.8 Å². The van der Waals surface area contributed by atoms with E-state index in [4.69, 9.17) is 14.3 Å². The second-order valence-corrected chi connectivity index (χ2v) is 7.81. The van der Waals surface area contributed by atoms with Crippen LogP contribution in [-0.2, 0) is 9.63 Å². The molecule has 0 saturated heterocycles. The van der Waals surface area contributed by atoms with Crippen LogP contribution in [0.4, 0.5) is 5.69 Å². The van der Waals surface area contributed by atoms with Gasteiger partial charge in [-0.3, -0.25) is 9.59 Å². The number of benzene rings is 3. The molecule has 7 heteroatoms. The summed E-state index contributed by atoms with van der Waals surface area (Å²) in [6, 6.07) is 17.0. The number of anilines is 1. The summed E-state index contributed by atoms with van der Waals surface area (Å²) in [6.07, 6.45) is 1.71. The van der Waals surface area contributed by atoms with Crippen molar-refractivity contribution in [2.24, 2.45) is 0 Å². The van der Waals surface area contributed by atoms with Crippen LogP contribution in [0.1, 0.15) is 35.8 Å². The number of hydrogen-bond donors (Lipinski definition) is 1. The Bertz CT molecular complexity index is 1230. The molecule has 0 aromatic heterocycles. The molecule has 3 aromatic carbocycles. The van der Waals surface area contributed by atoms with Crippen molar-refractivity contribution in [1.82, 2.24) is 5.32 Å². The molecule has 1 heterocycles. The average Bonchev–Trinajstić information content (AvgIpc) is 2.85. The second-order valence-electron chi connectivity index (χ2n) is 7.81. The Balaban J connectivity index is 1.71. The average molecular weight is 447 g/mol. The number of Topliss-reactive ketones (excluding diaryl/α,β-unsaturated/α-hetero) is 1. The molecule has 0 radical (unpaired) electrons. The third-order valence-electron chi connectivity index (χ3n) is 5.98. The third kappa shape index (κ3) is 3.98. The van der Waals surface area contributed by atoms with Crippen LogP contribution in [0.2, 0.25) is 0 Å². The van der Waals surface area contributed by atoms with Crippen LogP contribution in [0.3, 0.4) is 0 Å². The minimum atomic E-state index is -0.513. The van der Waals surface area contributed by atoms with E-state index in [1.165, 1.54) is 19.3 Å². The largest absolute Gasteiger partial charge is 0.493 e. The summed E-state index contributed by atoms with van der Waals surface area (Å²) >= 11 is 0. The number of methoxy groups -OCH3 is 2. The molecule has 33 heavy (non-hydrogen) atoms. The van der Waals surface area contributed by atoms with Crippen LogP contribution in [0.5, 0.6) is 11.5 Å². The van der Waals surface area contributed by atoms with Gasteiger partial charge in [0.2, 0.25) is 0 Å².